The van der Waals surface area contributed by atoms with Crippen molar-refractivity contribution in [3.63, 3.8) is 0 Å². The number of alkyl halides is 3. The van der Waals surface area contributed by atoms with Gasteiger partial charge in [0.15, 0.2) is 0 Å². The van der Waals surface area contributed by atoms with Gasteiger partial charge >= 0.3 is 12.1 Å². The second-order valence-electron chi connectivity index (χ2n) is 5.08. The maximum Gasteiger partial charge on any atom is 0.471 e. The number of amides is 1. The predicted molar refractivity (Wildman–Crippen MR) is 79.1 cm³/mol. The van der Waals surface area contributed by atoms with Crippen LogP contribution in [0.15, 0.2) is 28.8 Å². The van der Waals surface area contributed by atoms with Crippen molar-refractivity contribution in [3.05, 3.63) is 30.2 Å². The molecule has 0 saturated carbocycles. The van der Waals surface area contributed by atoms with Crippen LogP contribution in [0.2, 0.25) is 0 Å². The maximum atomic E-state index is 12.4. The highest BCUT2D eigenvalue weighted by Crippen LogP contribution is 2.29. The number of rotatable bonds is 6. The van der Waals surface area contributed by atoms with E-state index in [-0.39, 0.29) is 24.4 Å². The average molecular weight is 343 g/mol. The lowest BCUT2D eigenvalue weighted by Gasteiger charge is -2.10. The summed E-state index contributed by atoms with van der Waals surface area (Å²) in [4.78, 5) is 15.0. The molecule has 1 aromatic heterocycles. The van der Waals surface area contributed by atoms with Gasteiger partial charge in [-0.15, -0.1) is 0 Å². The van der Waals surface area contributed by atoms with Gasteiger partial charge in [0.2, 0.25) is 11.7 Å². The fourth-order valence-corrected chi connectivity index (χ4v) is 1.69. The van der Waals surface area contributed by atoms with Gasteiger partial charge in [0.05, 0.1) is 6.10 Å². The van der Waals surface area contributed by atoms with E-state index < -0.39 is 12.1 Å². The molecule has 0 spiro atoms. The van der Waals surface area contributed by atoms with Crippen LogP contribution in [0.5, 0.6) is 0 Å². The smallest absolute Gasteiger partial charge is 0.369 e. The molecule has 1 amide bonds. The first-order chi connectivity index (χ1) is 11.3. The van der Waals surface area contributed by atoms with Crippen LogP contribution in [0.4, 0.5) is 18.9 Å². The number of anilines is 1. The van der Waals surface area contributed by atoms with Crippen LogP contribution in [0.1, 0.15) is 26.2 Å². The van der Waals surface area contributed by atoms with E-state index in [0.717, 1.165) is 6.42 Å². The van der Waals surface area contributed by atoms with Crippen molar-refractivity contribution < 1.29 is 27.2 Å². The Morgan fingerprint density at radius 3 is 2.54 bits per heavy atom. The molecule has 0 radical (unpaired) electrons. The number of carbonyl (C=O) groups excluding carboxylic acids is 1. The standard InChI is InChI=1S/C15H16F3N3O3/c1-3-9(2)23-8-12(22)19-11-6-4-10(5-7-11)13-20-14(24-21-13)15(16,17)18/h4-7,9H,3,8H2,1-2H3,(H,19,22)/t9-/m1/s1. The summed E-state index contributed by atoms with van der Waals surface area (Å²) in [6, 6.07) is 6.02. The van der Waals surface area contributed by atoms with E-state index >= 15 is 0 Å². The van der Waals surface area contributed by atoms with Crippen molar-refractivity contribution in [2.45, 2.75) is 32.5 Å². The Morgan fingerprint density at radius 1 is 1.33 bits per heavy atom. The highest BCUT2D eigenvalue weighted by atomic mass is 19.4. The number of hydrogen-bond donors (Lipinski definition) is 1. The molecule has 2 rings (SSSR count). The number of hydrogen-bond acceptors (Lipinski definition) is 5. The minimum Gasteiger partial charge on any atom is -0.369 e. The molecular weight excluding hydrogens is 327 g/mol. The first-order valence-electron chi connectivity index (χ1n) is 7.22. The molecule has 0 saturated heterocycles. The van der Waals surface area contributed by atoms with E-state index in [0.29, 0.717) is 11.3 Å². The van der Waals surface area contributed by atoms with Crippen LogP contribution in [0.3, 0.4) is 0 Å². The second kappa shape index (κ2) is 7.43. The Bertz CT molecular complexity index is 683. The third-order valence-electron chi connectivity index (χ3n) is 3.17. The van der Waals surface area contributed by atoms with Gasteiger partial charge in [-0.3, -0.25) is 4.79 Å². The van der Waals surface area contributed by atoms with Crippen molar-refractivity contribution in [1.29, 1.82) is 0 Å². The summed E-state index contributed by atoms with van der Waals surface area (Å²) in [5, 5.41) is 5.91. The lowest BCUT2D eigenvalue weighted by atomic mass is 10.2. The number of halogens is 3. The van der Waals surface area contributed by atoms with Crippen LogP contribution in [0, 0.1) is 0 Å². The molecule has 1 aromatic carbocycles. The summed E-state index contributed by atoms with van der Waals surface area (Å²) >= 11 is 0. The van der Waals surface area contributed by atoms with Crippen LogP contribution < -0.4 is 5.32 Å². The van der Waals surface area contributed by atoms with Crippen molar-refractivity contribution in [1.82, 2.24) is 10.1 Å². The lowest BCUT2D eigenvalue weighted by molar-refractivity contribution is -0.159. The molecule has 0 bridgehead atoms. The molecule has 130 valence electrons. The van der Waals surface area contributed by atoms with Gasteiger partial charge in [-0.2, -0.15) is 18.2 Å². The predicted octanol–water partition coefficient (Wildman–Crippen LogP) is 3.51. The number of carbonyl (C=O) groups is 1. The third kappa shape index (κ3) is 4.79. The van der Waals surface area contributed by atoms with E-state index in [2.05, 4.69) is 20.0 Å². The molecule has 24 heavy (non-hydrogen) atoms. The Hall–Kier alpha value is -2.42. The number of nitrogens with zero attached hydrogens (tertiary/aromatic N) is 2. The highest BCUT2D eigenvalue weighted by Gasteiger charge is 2.38. The fourth-order valence-electron chi connectivity index (χ4n) is 1.69. The minimum atomic E-state index is -4.69. The van der Waals surface area contributed by atoms with Crippen molar-refractivity contribution in [2.24, 2.45) is 0 Å². The molecular formula is C15H16F3N3O3. The first-order valence-corrected chi connectivity index (χ1v) is 7.22. The molecule has 6 nitrogen and oxygen atoms in total. The van der Waals surface area contributed by atoms with E-state index in [1.54, 1.807) is 0 Å². The van der Waals surface area contributed by atoms with Gasteiger partial charge in [0, 0.05) is 11.3 Å². The zero-order chi connectivity index (χ0) is 17.7. The largest absolute Gasteiger partial charge is 0.471 e. The zero-order valence-electron chi connectivity index (χ0n) is 13.1. The van der Waals surface area contributed by atoms with Gasteiger partial charge in [0.25, 0.3) is 0 Å². The number of ether oxygens (including phenoxy) is 1. The SMILES string of the molecule is CC[C@@H](C)OCC(=O)Nc1ccc(-c2noc(C(F)(F)F)n2)cc1. The number of benzene rings is 1. The van der Waals surface area contributed by atoms with E-state index in [4.69, 9.17) is 4.74 Å². The Morgan fingerprint density at radius 2 is 2.00 bits per heavy atom. The summed E-state index contributed by atoms with van der Waals surface area (Å²) in [6.45, 7) is 3.74. The maximum absolute atomic E-state index is 12.4. The zero-order valence-corrected chi connectivity index (χ0v) is 13.1. The van der Waals surface area contributed by atoms with Crippen LogP contribution in [-0.2, 0) is 15.7 Å². The minimum absolute atomic E-state index is 0.0146. The van der Waals surface area contributed by atoms with Crippen molar-refractivity contribution in [3.8, 4) is 11.4 Å². The fraction of sp³-hybridized carbons (Fsp3) is 0.400. The Kier molecular flexibility index (Phi) is 5.55. The average Bonchev–Trinajstić information content (AvgIpc) is 3.03. The highest BCUT2D eigenvalue weighted by molar-refractivity contribution is 5.91. The van der Waals surface area contributed by atoms with Gasteiger partial charge in [-0.05, 0) is 37.6 Å². The molecule has 1 heterocycles. The monoisotopic (exact) mass is 343 g/mol. The summed E-state index contributed by atoms with van der Waals surface area (Å²) < 4.78 is 46.7. The van der Waals surface area contributed by atoms with Crippen molar-refractivity contribution >= 4 is 11.6 Å². The molecule has 1 N–H and O–H groups in total. The topological polar surface area (TPSA) is 77.2 Å². The summed E-state index contributed by atoms with van der Waals surface area (Å²) in [5.41, 5.74) is 0.819. The normalized spacial score (nSPS) is 12.9. The summed E-state index contributed by atoms with van der Waals surface area (Å²) in [7, 11) is 0. The van der Waals surface area contributed by atoms with E-state index in [1.165, 1.54) is 24.3 Å². The molecule has 0 aliphatic rings. The van der Waals surface area contributed by atoms with E-state index in [1.807, 2.05) is 13.8 Å². The summed E-state index contributed by atoms with van der Waals surface area (Å²) in [6.07, 6.45) is -3.90. The second-order valence-corrected chi connectivity index (χ2v) is 5.08. The molecule has 0 fully saturated rings. The molecule has 9 heteroatoms. The van der Waals surface area contributed by atoms with Crippen LogP contribution >= 0.6 is 0 Å². The van der Waals surface area contributed by atoms with E-state index in [9.17, 15) is 18.0 Å². The molecule has 0 aliphatic heterocycles. The van der Waals surface area contributed by atoms with Gasteiger partial charge in [-0.25, -0.2) is 0 Å². The van der Waals surface area contributed by atoms with Crippen molar-refractivity contribution in [2.75, 3.05) is 11.9 Å². The number of aromatic nitrogens is 2. The molecule has 1 atom stereocenters. The van der Waals surface area contributed by atoms with Gasteiger partial charge in [-0.1, -0.05) is 12.1 Å². The van der Waals surface area contributed by atoms with Crippen LogP contribution in [0.25, 0.3) is 11.4 Å². The van der Waals surface area contributed by atoms with Crippen LogP contribution in [-0.4, -0.2) is 28.8 Å². The molecule has 2 aromatic rings. The quantitative estimate of drug-likeness (QED) is 0.868. The lowest BCUT2D eigenvalue weighted by Crippen LogP contribution is -2.21. The Labute approximate surface area is 136 Å². The molecule has 0 unspecified atom stereocenters. The molecule has 0 aliphatic carbocycles. The number of nitrogens with one attached hydrogen (secondary N) is 1. The van der Waals surface area contributed by atoms with Gasteiger partial charge in [0.1, 0.15) is 6.61 Å². The third-order valence-corrected chi connectivity index (χ3v) is 3.17. The first kappa shape index (κ1) is 17.9. The Balaban J connectivity index is 1.98. The van der Waals surface area contributed by atoms with Gasteiger partial charge < -0.3 is 14.6 Å². The summed E-state index contributed by atoms with van der Waals surface area (Å²) in [5.74, 6) is -1.90.